The Kier molecular flexibility index (Phi) is 4.59. The lowest BCUT2D eigenvalue weighted by molar-refractivity contribution is -0.0700. The van der Waals surface area contributed by atoms with Gasteiger partial charge in [0, 0.05) is 25.0 Å². The van der Waals surface area contributed by atoms with Crippen molar-refractivity contribution in [2.45, 2.75) is 69.2 Å². The van der Waals surface area contributed by atoms with Gasteiger partial charge in [-0.2, -0.15) is 0 Å². The largest absolute Gasteiger partial charge is 0.379 e. The fraction of sp³-hybridized carbons (Fsp3) is 1.00. The highest BCUT2D eigenvalue weighted by atomic mass is 19.3. The number of rotatable bonds is 4. The molecule has 0 aromatic rings. The molecule has 2 rings (SSSR count). The first-order valence-corrected chi connectivity index (χ1v) is 7.24. The molecule has 18 heavy (non-hydrogen) atoms. The van der Waals surface area contributed by atoms with Crippen LogP contribution in [0.3, 0.4) is 0 Å². The van der Waals surface area contributed by atoms with Crippen LogP contribution >= 0.6 is 0 Å². The van der Waals surface area contributed by atoms with Gasteiger partial charge in [0.05, 0.1) is 6.61 Å². The molecular formula is C14H25F2NO. The van der Waals surface area contributed by atoms with Crippen LogP contribution in [0.4, 0.5) is 8.78 Å². The van der Waals surface area contributed by atoms with Crippen molar-refractivity contribution in [1.29, 1.82) is 0 Å². The van der Waals surface area contributed by atoms with Gasteiger partial charge in [0.1, 0.15) is 0 Å². The van der Waals surface area contributed by atoms with Crippen LogP contribution < -0.4 is 5.73 Å². The molecule has 0 aromatic carbocycles. The highest BCUT2D eigenvalue weighted by molar-refractivity contribution is 4.87. The van der Waals surface area contributed by atoms with Gasteiger partial charge >= 0.3 is 0 Å². The second-order valence-corrected chi connectivity index (χ2v) is 6.26. The molecule has 0 amide bonds. The molecule has 4 heteroatoms. The summed E-state index contributed by atoms with van der Waals surface area (Å²) in [6.07, 6.45) is 7.13. The quantitative estimate of drug-likeness (QED) is 0.840. The summed E-state index contributed by atoms with van der Waals surface area (Å²) in [6.45, 7) is 0.990. The van der Waals surface area contributed by atoms with Gasteiger partial charge in [0.25, 0.3) is 0 Å². The number of nitrogens with two attached hydrogens (primary N) is 1. The Morgan fingerprint density at radius 3 is 2.44 bits per heavy atom. The number of halogens is 2. The predicted molar refractivity (Wildman–Crippen MR) is 67.7 cm³/mol. The van der Waals surface area contributed by atoms with Crippen molar-refractivity contribution >= 4 is 0 Å². The standard InChI is InChI=1S/C14H25F2NO/c15-14(16)8-4-5-12(9-14)10-18-11-13(17)6-2-1-3-7-13/h12H,1-11,17H2. The number of alkyl halides is 2. The highest BCUT2D eigenvalue weighted by Crippen LogP contribution is 2.36. The Labute approximate surface area is 108 Å². The zero-order valence-corrected chi connectivity index (χ0v) is 11.1. The molecule has 0 spiro atoms. The summed E-state index contributed by atoms with van der Waals surface area (Å²) in [4.78, 5) is 0. The van der Waals surface area contributed by atoms with Gasteiger partial charge in [-0.25, -0.2) is 8.78 Å². The van der Waals surface area contributed by atoms with Gasteiger partial charge in [-0.1, -0.05) is 19.3 Å². The minimum atomic E-state index is -2.47. The molecule has 2 N–H and O–H groups in total. The summed E-state index contributed by atoms with van der Waals surface area (Å²) in [5, 5.41) is 0. The fourth-order valence-corrected chi connectivity index (χ4v) is 3.25. The van der Waals surface area contributed by atoms with Crippen LogP contribution in [0, 0.1) is 5.92 Å². The van der Waals surface area contributed by atoms with Crippen molar-refractivity contribution in [2.75, 3.05) is 13.2 Å². The van der Waals surface area contributed by atoms with Crippen molar-refractivity contribution in [3.63, 3.8) is 0 Å². The predicted octanol–water partition coefficient (Wildman–Crippen LogP) is 3.49. The van der Waals surface area contributed by atoms with E-state index in [1.807, 2.05) is 0 Å². The lowest BCUT2D eigenvalue weighted by Gasteiger charge is -2.34. The van der Waals surface area contributed by atoms with Crippen LogP contribution in [0.25, 0.3) is 0 Å². The summed E-state index contributed by atoms with van der Waals surface area (Å²) < 4.78 is 32.1. The molecular weight excluding hydrogens is 236 g/mol. The number of hydrogen-bond acceptors (Lipinski definition) is 2. The lowest BCUT2D eigenvalue weighted by atomic mass is 9.83. The van der Waals surface area contributed by atoms with E-state index >= 15 is 0 Å². The summed E-state index contributed by atoms with van der Waals surface area (Å²) >= 11 is 0. The maximum absolute atomic E-state index is 13.2. The molecule has 1 unspecified atom stereocenters. The molecule has 2 aliphatic carbocycles. The van der Waals surface area contributed by atoms with E-state index in [2.05, 4.69) is 0 Å². The molecule has 0 bridgehead atoms. The SMILES string of the molecule is NC1(COCC2CCCC(F)(F)C2)CCCCC1. The van der Waals surface area contributed by atoms with Crippen LogP contribution in [0.5, 0.6) is 0 Å². The molecule has 0 aliphatic heterocycles. The van der Waals surface area contributed by atoms with E-state index < -0.39 is 5.92 Å². The third-order valence-electron chi connectivity index (χ3n) is 4.33. The minimum absolute atomic E-state index is 0.00935. The molecule has 0 saturated heterocycles. The summed E-state index contributed by atoms with van der Waals surface area (Å²) in [5.41, 5.74) is 6.06. The Bertz CT molecular complexity index is 265. The first-order chi connectivity index (χ1) is 8.49. The third-order valence-corrected chi connectivity index (χ3v) is 4.33. The Balaban J connectivity index is 1.68. The molecule has 2 nitrogen and oxygen atoms in total. The summed E-state index contributed by atoms with van der Waals surface area (Å²) in [5.74, 6) is -2.46. The van der Waals surface area contributed by atoms with E-state index in [1.165, 1.54) is 19.3 Å². The molecule has 0 aromatic heterocycles. The van der Waals surface area contributed by atoms with Crippen molar-refractivity contribution in [1.82, 2.24) is 0 Å². The van der Waals surface area contributed by atoms with Crippen molar-refractivity contribution in [3.8, 4) is 0 Å². The Morgan fingerprint density at radius 2 is 1.78 bits per heavy atom. The van der Waals surface area contributed by atoms with Crippen LogP contribution in [-0.4, -0.2) is 24.7 Å². The van der Waals surface area contributed by atoms with E-state index in [1.54, 1.807) is 0 Å². The molecule has 0 heterocycles. The van der Waals surface area contributed by atoms with Crippen LogP contribution in [-0.2, 0) is 4.74 Å². The molecule has 106 valence electrons. The zero-order chi connectivity index (χ0) is 13.1. The monoisotopic (exact) mass is 261 g/mol. The van der Waals surface area contributed by atoms with Crippen LogP contribution in [0.1, 0.15) is 57.8 Å². The molecule has 1 atom stereocenters. The maximum Gasteiger partial charge on any atom is 0.248 e. The molecule has 0 radical (unpaired) electrons. The second kappa shape index (κ2) is 5.83. The fourth-order valence-electron chi connectivity index (χ4n) is 3.25. The van der Waals surface area contributed by atoms with Gasteiger partial charge in [0.2, 0.25) is 5.92 Å². The average Bonchev–Trinajstić information content (AvgIpc) is 2.28. The van der Waals surface area contributed by atoms with Crippen molar-refractivity contribution < 1.29 is 13.5 Å². The Hall–Kier alpha value is -0.220. The van der Waals surface area contributed by atoms with Gasteiger partial charge < -0.3 is 10.5 Å². The molecule has 2 fully saturated rings. The van der Waals surface area contributed by atoms with Gasteiger partial charge in [0.15, 0.2) is 0 Å². The van der Waals surface area contributed by atoms with Gasteiger partial charge in [-0.3, -0.25) is 0 Å². The van der Waals surface area contributed by atoms with E-state index in [-0.39, 0.29) is 24.3 Å². The first-order valence-electron chi connectivity index (χ1n) is 7.24. The maximum atomic E-state index is 13.2. The van der Waals surface area contributed by atoms with E-state index in [0.717, 1.165) is 19.3 Å². The highest BCUT2D eigenvalue weighted by Gasteiger charge is 2.36. The van der Waals surface area contributed by atoms with Crippen molar-refractivity contribution in [3.05, 3.63) is 0 Å². The second-order valence-electron chi connectivity index (χ2n) is 6.26. The van der Waals surface area contributed by atoms with Gasteiger partial charge in [-0.15, -0.1) is 0 Å². The van der Waals surface area contributed by atoms with E-state index in [0.29, 0.717) is 19.6 Å². The van der Waals surface area contributed by atoms with Crippen LogP contribution in [0.15, 0.2) is 0 Å². The van der Waals surface area contributed by atoms with Gasteiger partial charge in [-0.05, 0) is 31.6 Å². The smallest absolute Gasteiger partial charge is 0.248 e. The van der Waals surface area contributed by atoms with E-state index in [9.17, 15) is 8.78 Å². The number of ether oxygens (including phenoxy) is 1. The van der Waals surface area contributed by atoms with Crippen molar-refractivity contribution in [2.24, 2.45) is 11.7 Å². The lowest BCUT2D eigenvalue weighted by Crippen LogP contribution is -2.46. The molecule has 2 saturated carbocycles. The average molecular weight is 261 g/mol. The zero-order valence-electron chi connectivity index (χ0n) is 11.1. The van der Waals surface area contributed by atoms with E-state index in [4.69, 9.17) is 10.5 Å². The topological polar surface area (TPSA) is 35.2 Å². The number of hydrogen-bond donors (Lipinski definition) is 1. The summed E-state index contributed by atoms with van der Waals surface area (Å²) in [6, 6.07) is 0. The third kappa shape index (κ3) is 4.16. The normalized spacial score (nSPS) is 31.2. The van der Waals surface area contributed by atoms with Crippen LogP contribution in [0.2, 0.25) is 0 Å². The minimum Gasteiger partial charge on any atom is -0.379 e. The Morgan fingerprint density at radius 1 is 1.06 bits per heavy atom. The first kappa shape index (κ1) is 14.2. The molecule has 2 aliphatic rings. The summed E-state index contributed by atoms with van der Waals surface area (Å²) in [7, 11) is 0.